The molecule has 4 N–H and O–H groups in total. The zero-order valence-electron chi connectivity index (χ0n) is 6.06. The summed E-state index contributed by atoms with van der Waals surface area (Å²) in [5, 5.41) is 5.10. The summed E-state index contributed by atoms with van der Waals surface area (Å²) in [6, 6.07) is 1.46. The average Bonchev–Trinajstić information content (AvgIpc) is 2.11. The fourth-order valence-electron chi connectivity index (χ4n) is 0.679. The molecule has 1 rings (SSSR count). The van der Waals surface area contributed by atoms with E-state index in [2.05, 4.69) is 10.2 Å². The molecule has 0 amide bonds. The van der Waals surface area contributed by atoms with Crippen LogP contribution in [0.4, 0.5) is 0 Å². The predicted octanol–water partition coefficient (Wildman–Crippen LogP) is -0.103. The summed E-state index contributed by atoms with van der Waals surface area (Å²) in [4.78, 5) is 10.6. The first-order valence-corrected chi connectivity index (χ1v) is 3.07. The van der Waals surface area contributed by atoms with Crippen molar-refractivity contribution in [3.8, 4) is 0 Å². The molecule has 0 saturated heterocycles. The summed E-state index contributed by atoms with van der Waals surface area (Å²) in [6.07, 6.45) is 0. The lowest BCUT2D eigenvalue weighted by Crippen LogP contribution is -2.29. The van der Waals surface area contributed by atoms with Crippen LogP contribution in [0.15, 0.2) is 10.9 Å². The first-order valence-electron chi connectivity index (χ1n) is 3.07. The first-order chi connectivity index (χ1) is 4.50. The van der Waals surface area contributed by atoms with E-state index < -0.39 is 5.54 Å². The van der Waals surface area contributed by atoms with Crippen molar-refractivity contribution in [1.82, 2.24) is 10.2 Å². The summed E-state index contributed by atoms with van der Waals surface area (Å²) in [7, 11) is 0. The SMILES string of the molecule is CC(C)(N)c1cc(=O)[nH][nH]1. The molecule has 0 saturated carbocycles. The molecule has 0 aliphatic carbocycles. The normalized spacial score (nSPS) is 11.9. The van der Waals surface area contributed by atoms with E-state index >= 15 is 0 Å². The van der Waals surface area contributed by atoms with E-state index in [9.17, 15) is 4.79 Å². The minimum Gasteiger partial charge on any atom is -0.321 e. The Morgan fingerprint density at radius 3 is 2.30 bits per heavy atom. The number of aromatic amines is 2. The van der Waals surface area contributed by atoms with Gasteiger partial charge < -0.3 is 10.8 Å². The molecule has 1 heterocycles. The molecule has 0 spiro atoms. The Kier molecular flexibility index (Phi) is 1.40. The lowest BCUT2D eigenvalue weighted by Gasteiger charge is -2.14. The highest BCUT2D eigenvalue weighted by Gasteiger charge is 2.15. The first kappa shape index (κ1) is 7.08. The van der Waals surface area contributed by atoms with Gasteiger partial charge in [-0.2, -0.15) is 0 Å². The Balaban J connectivity index is 3.07. The molecule has 0 radical (unpaired) electrons. The van der Waals surface area contributed by atoms with Crippen LogP contribution in [0.2, 0.25) is 0 Å². The zero-order chi connectivity index (χ0) is 7.78. The van der Waals surface area contributed by atoms with E-state index in [1.54, 1.807) is 0 Å². The molecule has 0 aliphatic rings. The van der Waals surface area contributed by atoms with Crippen LogP contribution >= 0.6 is 0 Å². The number of nitrogens with two attached hydrogens (primary N) is 1. The molecule has 4 nitrogen and oxygen atoms in total. The van der Waals surface area contributed by atoms with Crippen LogP contribution in [0.5, 0.6) is 0 Å². The quantitative estimate of drug-likeness (QED) is 0.510. The third-order valence-electron chi connectivity index (χ3n) is 1.29. The molecule has 0 aliphatic heterocycles. The van der Waals surface area contributed by atoms with Crippen LogP contribution in [-0.2, 0) is 5.54 Å². The topological polar surface area (TPSA) is 74.7 Å². The maximum absolute atomic E-state index is 10.6. The monoisotopic (exact) mass is 141 g/mol. The van der Waals surface area contributed by atoms with E-state index in [1.165, 1.54) is 6.07 Å². The van der Waals surface area contributed by atoms with Crippen LogP contribution in [-0.4, -0.2) is 10.2 Å². The van der Waals surface area contributed by atoms with Gasteiger partial charge in [-0.15, -0.1) is 0 Å². The van der Waals surface area contributed by atoms with Crippen molar-refractivity contribution >= 4 is 0 Å². The number of nitrogens with one attached hydrogen (secondary N) is 2. The van der Waals surface area contributed by atoms with E-state index in [1.807, 2.05) is 13.8 Å². The van der Waals surface area contributed by atoms with Gasteiger partial charge >= 0.3 is 0 Å². The summed E-state index contributed by atoms with van der Waals surface area (Å²) in [5.74, 6) is 0. The number of hydrogen-bond donors (Lipinski definition) is 3. The lowest BCUT2D eigenvalue weighted by molar-refractivity contribution is 0.533. The van der Waals surface area contributed by atoms with E-state index in [0.29, 0.717) is 0 Å². The number of rotatable bonds is 1. The maximum atomic E-state index is 10.6. The summed E-state index contributed by atoms with van der Waals surface area (Å²) < 4.78 is 0. The van der Waals surface area contributed by atoms with Crippen molar-refractivity contribution in [1.29, 1.82) is 0 Å². The van der Waals surface area contributed by atoms with Crippen LogP contribution in [0.25, 0.3) is 0 Å². The Bertz CT molecular complexity index is 265. The van der Waals surface area contributed by atoms with Gasteiger partial charge in [-0.05, 0) is 13.8 Å². The van der Waals surface area contributed by atoms with Crippen LogP contribution in [0.1, 0.15) is 19.5 Å². The van der Waals surface area contributed by atoms with E-state index in [4.69, 9.17) is 5.73 Å². The largest absolute Gasteiger partial charge is 0.321 e. The highest BCUT2D eigenvalue weighted by molar-refractivity contribution is 5.08. The van der Waals surface area contributed by atoms with Gasteiger partial charge in [-0.3, -0.25) is 9.89 Å². The Morgan fingerprint density at radius 1 is 1.50 bits per heavy atom. The molecule has 0 bridgehead atoms. The van der Waals surface area contributed by atoms with Crippen LogP contribution in [0, 0.1) is 0 Å². The summed E-state index contributed by atoms with van der Waals surface area (Å²) >= 11 is 0. The Labute approximate surface area is 58.4 Å². The molecule has 0 aromatic carbocycles. The number of hydrogen-bond acceptors (Lipinski definition) is 2. The summed E-state index contributed by atoms with van der Waals surface area (Å²) in [5.41, 5.74) is 5.78. The van der Waals surface area contributed by atoms with Gasteiger partial charge in [0.05, 0.1) is 11.2 Å². The number of H-pyrrole nitrogens is 2. The minimum absolute atomic E-state index is 0.145. The van der Waals surface area contributed by atoms with Crippen molar-refractivity contribution < 1.29 is 0 Å². The molecule has 1 aromatic rings. The van der Waals surface area contributed by atoms with Gasteiger partial charge in [0, 0.05) is 6.07 Å². The Hall–Kier alpha value is -1.03. The van der Waals surface area contributed by atoms with E-state index in [-0.39, 0.29) is 5.56 Å². The lowest BCUT2D eigenvalue weighted by atomic mass is 10.0. The molecule has 0 atom stereocenters. The average molecular weight is 141 g/mol. The van der Waals surface area contributed by atoms with Gasteiger partial charge in [0.15, 0.2) is 0 Å². The third-order valence-corrected chi connectivity index (χ3v) is 1.29. The van der Waals surface area contributed by atoms with Crippen molar-refractivity contribution in [2.75, 3.05) is 0 Å². The third kappa shape index (κ3) is 1.27. The van der Waals surface area contributed by atoms with Gasteiger partial charge in [0.25, 0.3) is 5.56 Å². The number of aromatic nitrogens is 2. The smallest absolute Gasteiger partial charge is 0.264 e. The minimum atomic E-state index is -0.473. The molecular weight excluding hydrogens is 130 g/mol. The highest BCUT2D eigenvalue weighted by Crippen LogP contribution is 2.09. The van der Waals surface area contributed by atoms with E-state index in [0.717, 1.165) is 5.69 Å². The predicted molar refractivity (Wildman–Crippen MR) is 38.6 cm³/mol. The molecule has 0 fully saturated rings. The molecule has 10 heavy (non-hydrogen) atoms. The second-order valence-electron chi connectivity index (χ2n) is 2.89. The molecular formula is C6H11N3O. The zero-order valence-corrected chi connectivity index (χ0v) is 6.06. The van der Waals surface area contributed by atoms with Crippen LogP contribution < -0.4 is 11.3 Å². The Morgan fingerprint density at radius 2 is 2.10 bits per heavy atom. The summed E-state index contributed by atoms with van der Waals surface area (Å²) in [6.45, 7) is 3.65. The molecule has 56 valence electrons. The van der Waals surface area contributed by atoms with Gasteiger partial charge in [0.2, 0.25) is 0 Å². The van der Waals surface area contributed by atoms with Crippen molar-refractivity contribution in [3.05, 3.63) is 22.1 Å². The van der Waals surface area contributed by atoms with Crippen molar-refractivity contribution in [2.24, 2.45) is 5.73 Å². The van der Waals surface area contributed by atoms with Crippen molar-refractivity contribution in [3.63, 3.8) is 0 Å². The molecule has 4 heteroatoms. The van der Waals surface area contributed by atoms with Crippen LogP contribution in [0.3, 0.4) is 0 Å². The highest BCUT2D eigenvalue weighted by atomic mass is 16.1. The second-order valence-corrected chi connectivity index (χ2v) is 2.89. The fraction of sp³-hybridized carbons (Fsp3) is 0.500. The molecule has 1 aromatic heterocycles. The maximum Gasteiger partial charge on any atom is 0.264 e. The van der Waals surface area contributed by atoms with Gasteiger partial charge in [0.1, 0.15) is 0 Å². The van der Waals surface area contributed by atoms with Gasteiger partial charge in [-0.25, -0.2) is 0 Å². The molecule has 0 unspecified atom stereocenters. The second kappa shape index (κ2) is 1.98. The van der Waals surface area contributed by atoms with Gasteiger partial charge in [-0.1, -0.05) is 0 Å². The standard InChI is InChI=1S/C6H11N3O/c1-6(2,7)4-3-5(10)9-8-4/h3H,7H2,1-2H3,(H2,8,9,10). The fourth-order valence-corrected chi connectivity index (χ4v) is 0.679. The van der Waals surface area contributed by atoms with Crippen molar-refractivity contribution in [2.45, 2.75) is 19.4 Å².